The summed E-state index contributed by atoms with van der Waals surface area (Å²) in [6.45, 7) is 3.56. The van der Waals surface area contributed by atoms with E-state index in [9.17, 15) is 9.59 Å². The van der Waals surface area contributed by atoms with Crippen molar-refractivity contribution in [1.82, 2.24) is 0 Å². The fourth-order valence-electron chi connectivity index (χ4n) is 3.34. The molecule has 0 radical (unpaired) electrons. The molecule has 0 heterocycles. The first kappa shape index (κ1) is 13.1. The molecule has 2 rings (SSSR count). The van der Waals surface area contributed by atoms with Crippen molar-refractivity contribution in [3.05, 3.63) is 11.6 Å². The lowest BCUT2D eigenvalue weighted by Crippen LogP contribution is -2.36. The van der Waals surface area contributed by atoms with Crippen LogP contribution in [0.2, 0.25) is 0 Å². The van der Waals surface area contributed by atoms with Crippen molar-refractivity contribution in [3.8, 4) is 0 Å². The summed E-state index contributed by atoms with van der Waals surface area (Å²) in [5, 5.41) is 0. The van der Waals surface area contributed by atoms with Gasteiger partial charge in [-0.1, -0.05) is 0 Å². The number of hydrogen-bond donors (Lipinski definition) is 0. The van der Waals surface area contributed by atoms with Gasteiger partial charge in [0.2, 0.25) is 0 Å². The monoisotopic (exact) mass is 252 g/mol. The second kappa shape index (κ2) is 4.75. The lowest BCUT2D eigenvalue weighted by atomic mass is 9.86. The number of esters is 2. The first-order chi connectivity index (χ1) is 8.44. The fraction of sp³-hybridized carbons (Fsp3) is 0.714. The molecule has 0 aliphatic heterocycles. The molecule has 2 saturated carbocycles. The van der Waals surface area contributed by atoms with Crippen molar-refractivity contribution in [1.29, 1.82) is 0 Å². The van der Waals surface area contributed by atoms with E-state index < -0.39 is 11.9 Å². The molecule has 2 aliphatic carbocycles. The summed E-state index contributed by atoms with van der Waals surface area (Å²) in [6, 6.07) is 0. The number of rotatable bonds is 3. The van der Waals surface area contributed by atoms with Gasteiger partial charge in [0.25, 0.3) is 0 Å². The SMILES string of the molecule is COC(=O)C(C)=CC(=O)OC1(C)CC2CCC1C2. The van der Waals surface area contributed by atoms with Crippen molar-refractivity contribution in [2.24, 2.45) is 11.8 Å². The second-order valence-corrected chi connectivity index (χ2v) is 5.63. The predicted octanol–water partition coefficient (Wildman–Crippen LogP) is 2.23. The zero-order valence-corrected chi connectivity index (χ0v) is 11.2. The van der Waals surface area contributed by atoms with E-state index in [1.165, 1.54) is 26.0 Å². The number of ether oxygens (including phenoxy) is 2. The van der Waals surface area contributed by atoms with E-state index in [4.69, 9.17) is 4.74 Å². The molecule has 0 N–H and O–H groups in total. The number of carbonyl (C=O) groups excluding carboxylic acids is 2. The van der Waals surface area contributed by atoms with Crippen LogP contribution >= 0.6 is 0 Å². The van der Waals surface area contributed by atoms with Crippen LogP contribution in [0.15, 0.2) is 11.6 Å². The van der Waals surface area contributed by atoms with Crippen molar-refractivity contribution >= 4 is 11.9 Å². The highest BCUT2D eigenvalue weighted by Crippen LogP contribution is 2.52. The van der Waals surface area contributed by atoms with Crippen LogP contribution in [0.3, 0.4) is 0 Å². The zero-order chi connectivity index (χ0) is 13.3. The van der Waals surface area contributed by atoms with Crippen molar-refractivity contribution in [2.75, 3.05) is 7.11 Å². The molecular weight excluding hydrogens is 232 g/mol. The van der Waals surface area contributed by atoms with E-state index in [1.807, 2.05) is 6.92 Å². The van der Waals surface area contributed by atoms with Crippen LogP contribution in [0.25, 0.3) is 0 Å². The maximum Gasteiger partial charge on any atom is 0.333 e. The van der Waals surface area contributed by atoms with E-state index in [0.29, 0.717) is 11.8 Å². The number of methoxy groups -OCH3 is 1. The molecule has 2 bridgehead atoms. The van der Waals surface area contributed by atoms with Gasteiger partial charge in [-0.2, -0.15) is 0 Å². The Labute approximate surface area is 107 Å². The standard InChI is InChI=1S/C14H20O4/c1-9(13(16)17-3)6-12(15)18-14(2)8-10-4-5-11(14)7-10/h6,10-11H,4-5,7-8H2,1-3H3. The third kappa shape index (κ3) is 2.42. The minimum absolute atomic E-state index is 0.272. The van der Waals surface area contributed by atoms with Gasteiger partial charge in [-0.25, -0.2) is 9.59 Å². The summed E-state index contributed by atoms with van der Waals surface area (Å²) in [7, 11) is 1.29. The number of hydrogen-bond acceptors (Lipinski definition) is 4. The van der Waals surface area contributed by atoms with Crippen LogP contribution in [-0.4, -0.2) is 24.6 Å². The van der Waals surface area contributed by atoms with Gasteiger partial charge in [0, 0.05) is 11.6 Å². The third-order valence-electron chi connectivity index (χ3n) is 4.27. The van der Waals surface area contributed by atoms with Gasteiger partial charge in [-0.3, -0.25) is 0 Å². The van der Waals surface area contributed by atoms with Crippen molar-refractivity contribution in [2.45, 2.75) is 45.1 Å². The summed E-state index contributed by atoms with van der Waals surface area (Å²) in [5.74, 6) is 0.259. The molecule has 2 aliphatic rings. The average molecular weight is 252 g/mol. The lowest BCUT2D eigenvalue weighted by Gasteiger charge is -2.33. The molecule has 0 amide bonds. The topological polar surface area (TPSA) is 52.6 Å². The van der Waals surface area contributed by atoms with Crippen LogP contribution in [0.1, 0.15) is 39.5 Å². The minimum atomic E-state index is -0.495. The molecule has 4 nitrogen and oxygen atoms in total. The molecule has 0 spiro atoms. The highest BCUT2D eigenvalue weighted by Gasteiger charge is 2.50. The number of carbonyl (C=O) groups is 2. The lowest BCUT2D eigenvalue weighted by molar-refractivity contribution is -0.157. The Morgan fingerprint density at radius 2 is 2.06 bits per heavy atom. The quantitative estimate of drug-likeness (QED) is 0.571. The van der Waals surface area contributed by atoms with Crippen LogP contribution in [0.5, 0.6) is 0 Å². The van der Waals surface area contributed by atoms with Gasteiger partial charge < -0.3 is 9.47 Å². The molecule has 100 valence electrons. The molecule has 0 aromatic carbocycles. The van der Waals surface area contributed by atoms with E-state index in [0.717, 1.165) is 12.8 Å². The Balaban J connectivity index is 1.98. The second-order valence-electron chi connectivity index (χ2n) is 5.63. The van der Waals surface area contributed by atoms with E-state index in [-0.39, 0.29) is 11.2 Å². The Hall–Kier alpha value is -1.32. The van der Waals surface area contributed by atoms with Gasteiger partial charge in [-0.15, -0.1) is 0 Å². The first-order valence-corrected chi connectivity index (χ1v) is 6.44. The normalized spacial score (nSPS) is 34.5. The van der Waals surface area contributed by atoms with Gasteiger partial charge >= 0.3 is 11.9 Å². The summed E-state index contributed by atoms with van der Waals surface area (Å²) in [4.78, 5) is 23.0. The molecule has 4 heteroatoms. The van der Waals surface area contributed by atoms with Crippen LogP contribution in [0, 0.1) is 11.8 Å². The molecule has 0 saturated heterocycles. The van der Waals surface area contributed by atoms with Crippen molar-refractivity contribution < 1.29 is 19.1 Å². The van der Waals surface area contributed by atoms with E-state index in [2.05, 4.69) is 4.74 Å². The Bertz CT molecular complexity index is 399. The minimum Gasteiger partial charge on any atom is -0.466 e. The fourth-order valence-corrected chi connectivity index (χ4v) is 3.34. The maximum atomic E-state index is 11.8. The molecule has 2 fully saturated rings. The first-order valence-electron chi connectivity index (χ1n) is 6.44. The Kier molecular flexibility index (Phi) is 3.46. The summed E-state index contributed by atoms with van der Waals surface area (Å²) in [6.07, 6.45) is 5.75. The average Bonchev–Trinajstić information content (AvgIpc) is 2.86. The molecule has 0 aromatic rings. The highest BCUT2D eigenvalue weighted by atomic mass is 16.6. The third-order valence-corrected chi connectivity index (χ3v) is 4.27. The Morgan fingerprint density at radius 3 is 2.56 bits per heavy atom. The molecule has 0 aromatic heterocycles. The number of fused-ring (bicyclic) bond motifs is 2. The summed E-state index contributed by atoms with van der Waals surface area (Å²) >= 11 is 0. The van der Waals surface area contributed by atoms with E-state index >= 15 is 0 Å². The zero-order valence-electron chi connectivity index (χ0n) is 11.2. The highest BCUT2D eigenvalue weighted by molar-refractivity contribution is 5.95. The Morgan fingerprint density at radius 1 is 1.33 bits per heavy atom. The smallest absolute Gasteiger partial charge is 0.333 e. The molecular formula is C14H20O4. The molecule has 3 unspecified atom stereocenters. The van der Waals surface area contributed by atoms with Crippen LogP contribution in [0.4, 0.5) is 0 Å². The maximum absolute atomic E-state index is 11.8. The van der Waals surface area contributed by atoms with Gasteiger partial charge in [0.15, 0.2) is 0 Å². The van der Waals surface area contributed by atoms with E-state index in [1.54, 1.807) is 6.92 Å². The van der Waals surface area contributed by atoms with Gasteiger partial charge in [-0.05, 0) is 51.4 Å². The van der Waals surface area contributed by atoms with Crippen molar-refractivity contribution in [3.63, 3.8) is 0 Å². The molecule has 18 heavy (non-hydrogen) atoms. The largest absolute Gasteiger partial charge is 0.466 e. The van der Waals surface area contributed by atoms with Crippen LogP contribution in [-0.2, 0) is 19.1 Å². The summed E-state index contributed by atoms with van der Waals surface area (Å²) in [5.41, 5.74) is -0.0679. The van der Waals surface area contributed by atoms with Gasteiger partial charge in [0.1, 0.15) is 5.60 Å². The predicted molar refractivity (Wildman–Crippen MR) is 65.7 cm³/mol. The van der Waals surface area contributed by atoms with Crippen LogP contribution < -0.4 is 0 Å². The summed E-state index contributed by atoms with van der Waals surface area (Å²) < 4.78 is 10.1. The molecule has 3 atom stereocenters. The van der Waals surface area contributed by atoms with Gasteiger partial charge in [0.05, 0.1) is 7.11 Å².